The Kier molecular flexibility index (Phi) is 5.80. The molecule has 1 aliphatic heterocycles. The van der Waals surface area contributed by atoms with Crippen LogP contribution in [0.15, 0.2) is 0 Å². The van der Waals surface area contributed by atoms with Gasteiger partial charge >= 0.3 is 5.97 Å². The second-order valence-electron chi connectivity index (χ2n) is 9.00. The molecule has 3 N–H and O–H groups in total. The van der Waals surface area contributed by atoms with E-state index in [1.165, 1.54) is 0 Å². The zero-order valence-electron chi connectivity index (χ0n) is 16.9. The van der Waals surface area contributed by atoms with E-state index < -0.39 is 34.3 Å². The molecule has 2 unspecified atom stereocenters. The van der Waals surface area contributed by atoms with Crippen molar-refractivity contribution in [3.63, 3.8) is 0 Å². The van der Waals surface area contributed by atoms with Crippen molar-refractivity contribution in [2.75, 3.05) is 6.61 Å². The Hall–Kier alpha value is -1.43. The highest BCUT2D eigenvalue weighted by Crippen LogP contribution is 2.46. The van der Waals surface area contributed by atoms with Crippen molar-refractivity contribution in [2.24, 2.45) is 22.0 Å². The Bertz CT molecular complexity index is 562. The van der Waals surface area contributed by atoms with Gasteiger partial charge in [0.2, 0.25) is 5.91 Å². The lowest BCUT2D eigenvalue weighted by atomic mass is 9.56. The Balaban J connectivity index is 3.10. The minimum atomic E-state index is -1.39. The molecule has 2 atom stereocenters. The molecule has 0 bridgehead atoms. The summed E-state index contributed by atoms with van der Waals surface area (Å²) in [7, 11) is 0. The summed E-state index contributed by atoms with van der Waals surface area (Å²) in [6, 6.07) is -0.669. The Morgan fingerprint density at radius 1 is 1.12 bits per heavy atom. The molecular formula is C19H34N2O4. The zero-order valence-corrected chi connectivity index (χ0v) is 16.9. The molecule has 1 saturated heterocycles. The van der Waals surface area contributed by atoms with E-state index in [2.05, 4.69) is 5.32 Å². The van der Waals surface area contributed by atoms with Gasteiger partial charge in [0.05, 0.1) is 17.6 Å². The molecule has 0 aromatic carbocycles. The zero-order chi connectivity index (χ0) is 19.8. The highest BCUT2D eigenvalue weighted by Gasteiger charge is 2.56. The fourth-order valence-corrected chi connectivity index (χ4v) is 2.88. The topological polar surface area (TPSA) is 98.5 Å². The monoisotopic (exact) mass is 354 g/mol. The van der Waals surface area contributed by atoms with Crippen LogP contribution in [0.1, 0.15) is 68.2 Å². The summed E-state index contributed by atoms with van der Waals surface area (Å²) >= 11 is 0. The van der Waals surface area contributed by atoms with Gasteiger partial charge in [-0.3, -0.25) is 9.59 Å². The second-order valence-corrected chi connectivity index (χ2v) is 9.00. The molecule has 0 radical (unpaired) electrons. The maximum atomic E-state index is 13.3. The van der Waals surface area contributed by atoms with E-state index >= 15 is 0 Å². The molecule has 1 heterocycles. The third-order valence-corrected chi connectivity index (χ3v) is 6.72. The predicted octanol–water partition coefficient (Wildman–Crippen LogP) is 2.19. The lowest BCUT2D eigenvalue weighted by Gasteiger charge is -2.48. The fraction of sp³-hybridized carbons (Fsp3) is 0.842. The van der Waals surface area contributed by atoms with Gasteiger partial charge in [-0.15, -0.1) is 0 Å². The van der Waals surface area contributed by atoms with Crippen molar-refractivity contribution in [1.82, 2.24) is 5.32 Å². The highest BCUT2D eigenvalue weighted by atomic mass is 16.5. The van der Waals surface area contributed by atoms with Crippen LogP contribution in [-0.4, -0.2) is 35.8 Å². The first-order valence-electron chi connectivity index (χ1n) is 8.94. The molecule has 0 saturated carbocycles. The van der Waals surface area contributed by atoms with Crippen LogP contribution in [0.5, 0.6) is 0 Å². The van der Waals surface area contributed by atoms with Crippen LogP contribution >= 0.6 is 0 Å². The van der Waals surface area contributed by atoms with Crippen LogP contribution in [0.4, 0.5) is 0 Å². The number of cyclic esters (lactones) is 1. The summed E-state index contributed by atoms with van der Waals surface area (Å²) in [4.78, 5) is 37.8. The molecule has 0 aromatic heterocycles. The number of nitrogens with one attached hydrogen (secondary N) is 1. The SMILES string of the molecule is CCC(C)(C)C(C)(C)C(=O)C(C)(N)C(C)(C)C(=O)NC1CCOC1=O. The van der Waals surface area contributed by atoms with Crippen molar-refractivity contribution in [1.29, 1.82) is 0 Å². The van der Waals surface area contributed by atoms with Crippen molar-refractivity contribution >= 4 is 17.7 Å². The molecule has 6 nitrogen and oxygen atoms in total. The van der Waals surface area contributed by atoms with Crippen LogP contribution in [0.3, 0.4) is 0 Å². The number of carbonyl (C=O) groups excluding carboxylic acids is 3. The number of amides is 1. The van der Waals surface area contributed by atoms with Gasteiger partial charge < -0.3 is 15.8 Å². The van der Waals surface area contributed by atoms with Crippen LogP contribution in [0.2, 0.25) is 0 Å². The first-order valence-corrected chi connectivity index (χ1v) is 8.94. The lowest BCUT2D eigenvalue weighted by Crippen LogP contribution is -2.67. The van der Waals surface area contributed by atoms with Gasteiger partial charge in [0.25, 0.3) is 0 Å². The smallest absolute Gasteiger partial charge is 0.328 e. The molecular weight excluding hydrogens is 320 g/mol. The summed E-state index contributed by atoms with van der Waals surface area (Å²) in [5, 5.41) is 2.69. The molecule has 0 aromatic rings. The Morgan fingerprint density at radius 2 is 1.64 bits per heavy atom. The van der Waals surface area contributed by atoms with E-state index in [0.29, 0.717) is 13.0 Å². The first kappa shape index (κ1) is 21.6. The largest absolute Gasteiger partial charge is 0.464 e. The summed E-state index contributed by atoms with van der Waals surface area (Å²) in [5.74, 6) is -1.03. The van der Waals surface area contributed by atoms with Crippen molar-refractivity contribution in [2.45, 2.75) is 79.8 Å². The quantitative estimate of drug-likeness (QED) is 0.683. The van der Waals surface area contributed by atoms with E-state index in [9.17, 15) is 14.4 Å². The van der Waals surface area contributed by atoms with E-state index in [0.717, 1.165) is 6.42 Å². The van der Waals surface area contributed by atoms with Crippen LogP contribution in [-0.2, 0) is 19.1 Å². The molecule has 1 aliphatic rings. The number of Topliss-reactive ketones (excluding diaryl/α,β-unsaturated/α-hetero) is 1. The maximum absolute atomic E-state index is 13.3. The van der Waals surface area contributed by atoms with Crippen LogP contribution in [0, 0.1) is 16.2 Å². The highest BCUT2D eigenvalue weighted by molar-refractivity contribution is 6.00. The number of esters is 1. The fourth-order valence-electron chi connectivity index (χ4n) is 2.88. The Labute approximate surface area is 151 Å². The van der Waals surface area contributed by atoms with Crippen LogP contribution in [0.25, 0.3) is 0 Å². The number of rotatable bonds is 7. The van der Waals surface area contributed by atoms with Crippen molar-refractivity contribution in [3.05, 3.63) is 0 Å². The van der Waals surface area contributed by atoms with Gasteiger partial charge in [-0.1, -0.05) is 41.0 Å². The third-order valence-electron chi connectivity index (χ3n) is 6.72. The van der Waals surface area contributed by atoms with E-state index in [-0.39, 0.29) is 11.2 Å². The third kappa shape index (κ3) is 3.59. The molecule has 0 spiro atoms. The van der Waals surface area contributed by atoms with Gasteiger partial charge in [-0.2, -0.15) is 0 Å². The average molecular weight is 354 g/mol. The average Bonchev–Trinajstić information content (AvgIpc) is 2.90. The van der Waals surface area contributed by atoms with E-state index in [1.54, 1.807) is 20.8 Å². The van der Waals surface area contributed by atoms with Crippen molar-refractivity contribution < 1.29 is 19.1 Å². The van der Waals surface area contributed by atoms with Crippen LogP contribution < -0.4 is 11.1 Å². The maximum Gasteiger partial charge on any atom is 0.328 e. The van der Waals surface area contributed by atoms with Gasteiger partial charge in [-0.25, -0.2) is 4.79 Å². The summed E-state index contributed by atoms with van der Waals surface area (Å²) in [6.45, 7) is 15.1. The second kappa shape index (κ2) is 6.71. The van der Waals surface area contributed by atoms with Gasteiger partial charge in [0.1, 0.15) is 6.04 Å². The number of carbonyl (C=O) groups is 3. The Morgan fingerprint density at radius 3 is 2.04 bits per heavy atom. The summed E-state index contributed by atoms with van der Waals surface area (Å²) < 4.78 is 4.87. The number of nitrogens with two attached hydrogens (primary N) is 1. The number of ether oxygens (including phenoxy) is 1. The lowest BCUT2D eigenvalue weighted by molar-refractivity contribution is -0.150. The molecule has 1 amide bonds. The minimum Gasteiger partial charge on any atom is -0.464 e. The summed E-state index contributed by atoms with van der Waals surface area (Å²) in [6.07, 6.45) is 1.24. The number of hydrogen-bond donors (Lipinski definition) is 2. The minimum absolute atomic E-state index is 0.166. The molecule has 0 aliphatic carbocycles. The number of ketones is 1. The molecule has 25 heavy (non-hydrogen) atoms. The first-order chi connectivity index (χ1) is 11.1. The normalized spacial score (nSPS) is 21.5. The molecule has 144 valence electrons. The standard InChI is InChI=1S/C19H34N2O4/c1-9-16(2,3)17(4,5)14(23)19(8,20)18(6,7)15(24)21-12-10-11-25-13(12)22/h12H,9-11,20H2,1-8H3,(H,21,24). The van der Waals surface area contributed by atoms with Gasteiger partial charge in [0, 0.05) is 11.8 Å². The van der Waals surface area contributed by atoms with E-state index in [4.69, 9.17) is 10.5 Å². The van der Waals surface area contributed by atoms with E-state index in [1.807, 2.05) is 34.6 Å². The molecule has 1 rings (SSSR count). The van der Waals surface area contributed by atoms with Gasteiger partial charge in [-0.05, 0) is 26.2 Å². The molecule has 1 fully saturated rings. The number of hydrogen-bond acceptors (Lipinski definition) is 5. The molecule has 6 heteroatoms. The van der Waals surface area contributed by atoms with Gasteiger partial charge in [0.15, 0.2) is 5.78 Å². The predicted molar refractivity (Wildman–Crippen MR) is 96.7 cm³/mol. The van der Waals surface area contributed by atoms with Crippen molar-refractivity contribution in [3.8, 4) is 0 Å². The summed E-state index contributed by atoms with van der Waals surface area (Å²) in [5.41, 5.74) is 2.89.